The first-order valence-corrected chi connectivity index (χ1v) is 7.15. The average Bonchev–Trinajstić information content (AvgIpc) is 2.31. The van der Waals surface area contributed by atoms with Crippen molar-refractivity contribution in [1.82, 2.24) is 0 Å². The molecule has 0 aliphatic rings. The lowest BCUT2D eigenvalue weighted by Crippen LogP contribution is -2.16. The number of anilines is 1. The van der Waals surface area contributed by atoms with E-state index in [-0.39, 0.29) is 6.10 Å². The van der Waals surface area contributed by atoms with Crippen LogP contribution in [0.5, 0.6) is 5.75 Å². The lowest BCUT2D eigenvalue weighted by Gasteiger charge is -2.19. The summed E-state index contributed by atoms with van der Waals surface area (Å²) < 4.78 is 5.81. The summed E-state index contributed by atoms with van der Waals surface area (Å²) in [5.74, 6) is 0.954. The van der Waals surface area contributed by atoms with Gasteiger partial charge in [0.2, 0.25) is 0 Å². The van der Waals surface area contributed by atoms with Gasteiger partial charge in [-0.2, -0.15) is 0 Å². The van der Waals surface area contributed by atoms with E-state index < -0.39 is 0 Å². The maximum Gasteiger partial charge on any atom is 0.142 e. The lowest BCUT2D eigenvalue weighted by atomic mass is 10.1. The Bertz CT molecular complexity index is 336. The molecule has 18 heavy (non-hydrogen) atoms. The van der Waals surface area contributed by atoms with Crippen LogP contribution in [0.3, 0.4) is 0 Å². The molecule has 1 aromatic rings. The molecule has 0 fully saturated rings. The van der Waals surface area contributed by atoms with Crippen molar-refractivity contribution in [2.75, 3.05) is 5.32 Å². The number of rotatable bonds is 8. The summed E-state index contributed by atoms with van der Waals surface area (Å²) in [6.07, 6.45) is 5.31. The molecule has 0 aromatic heterocycles. The van der Waals surface area contributed by atoms with Gasteiger partial charge in [0.25, 0.3) is 0 Å². The van der Waals surface area contributed by atoms with E-state index in [1.165, 1.54) is 25.7 Å². The fourth-order valence-electron chi connectivity index (χ4n) is 1.98. The van der Waals surface area contributed by atoms with E-state index >= 15 is 0 Å². The quantitative estimate of drug-likeness (QED) is 0.665. The minimum Gasteiger partial charge on any atom is -0.489 e. The highest BCUT2D eigenvalue weighted by atomic mass is 16.5. The smallest absolute Gasteiger partial charge is 0.142 e. The number of hydrogen-bond donors (Lipinski definition) is 1. The molecule has 2 nitrogen and oxygen atoms in total. The summed E-state index contributed by atoms with van der Waals surface area (Å²) in [4.78, 5) is 0. The second-order valence-electron chi connectivity index (χ2n) is 5.20. The predicted molar refractivity (Wildman–Crippen MR) is 79.4 cm³/mol. The van der Waals surface area contributed by atoms with Gasteiger partial charge in [-0.25, -0.2) is 0 Å². The average molecular weight is 249 g/mol. The highest BCUT2D eigenvalue weighted by Gasteiger charge is 2.07. The van der Waals surface area contributed by atoms with Crippen molar-refractivity contribution >= 4 is 5.69 Å². The Morgan fingerprint density at radius 3 is 2.50 bits per heavy atom. The van der Waals surface area contributed by atoms with Gasteiger partial charge in [-0.15, -0.1) is 0 Å². The van der Waals surface area contributed by atoms with Crippen LogP contribution in [0.1, 0.15) is 53.4 Å². The second kappa shape index (κ2) is 8.02. The Morgan fingerprint density at radius 2 is 1.83 bits per heavy atom. The normalized spacial score (nSPS) is 12.5. The van der Waals surface area contributed by atoms with Crippen LogP contribution in [0.15, 0.2) is 24.3 Å². The number of para-hydroxylation sites is 2. The molecule has 0 saturated carbocycles. The highest BCUT2D eigenvalue weighted by Crippen LogP contribution is 2.26. The first kappa shape index (κ1) is 14.9. The van der Waals surface area contributed by atoms with Crippen LogP contribution in [-0.4, -0.2) is 12.1 Å². The third-order valence-electron chi connectivity index (χ3n) is 2.89. The van der Waals surface area contributed by atoms with Gasteiger partial charge in [-0.3, -0.25) is 0 Å². The molecule has 1 unspecified atom stereocenters. The Morgan fingerprint density at radius 1 is 1.11 bits per heavy atom. The third kappa shape index (κ3) is 5.44. The molecule has 0 aliphatic heterocycles. The van der Waals surface area contributed by atoms with Crippen LogP contribution in [0.4, 0.5) is 5.69 Å². The molecule has 0 spiro atoms. The molecule has 0 bridgehead atoms. The summed E-state index contributed by atoms with van der Waals surface area (Å²) in [5, 5.41) is 3.55. The molecule has 0 amide bonds. The van der Waals surface area contributed by atoms with Crippen molar-refractivity contribution < 1.29 is 4.74 Å². The van der Waals surface area contributed by atoms with Gasteiger partial charge in [-0.1, -0.05) is 38.3 Å². The number of nitrogens with one attached hydrogen (secondary N) is 1. The zero-order valence-electron chi connectivity index (χ0n) is 12.2. The van der Waals surface area contributed by atoms with Gasteiger partial charge in [0.1, 0.15) is 5.75 Å². The summed E-state index contributed by atoms with van der Waals surface area (Å²) in [6, 6.07) is 8.68. The van der Waals surface area contributed by atoms with Crippen LogP contribution < -0.4 is 10.1 Å². The molecule has 0 heterocycles. The summed E-state index contributed by atoms with van der Waals surface area (Å²) in [6.45, 7) is 8.59. The SMILES string of the molecule is CCCCCC(C)Nc1ccccc1OC(C)C. The van der Waals surface area contributed by atoms with E-state index in [1.54, 1.807) is 0 Å². The van der Waals surface area contributed by atoms with Crippen molar-refractivity contribution in [2.45, 2.75) is 65.5 Å². The zero-order valence-corrected chi connectivity index (χ0v) is 12.2. The van der Waals surface area contributed by atoms with E-state index in [1.807, 2.05) is 18.2 Å². The van der Waals surface area contributed by atoms with Gasteiger partial charge < -0.3 is 10.1 Å². The van der Waals surface area contributed by atoms with Crippen molar-refractivity contribution in [3.8, 4) is 5.75 Å². The molecular weight excluding hydrogens is 222 g/mol. The first-order valence-electron chi connectivity index (χ1n) is 7.15. The largest absolute Gasteiger partial charge is 0.489 e. The second-order valence-corrected chi connectivity index (χ2v) is 5.20. The molecule has 0 radical (unpaired) electrons. The fraction of sp³-hybridized carbons (Fsp3) is 0.625. The highest BCUT2D eigenvalue weighted by molar-refractivity contribution is 5.56. The van der Waals surface area contributed by atoms with Crippen molar-refractivity contribution in [3.05, 3.63) is 24.3 Å². The summed E-state index contributed by atoms with van der Waals surface area (Å²) >= 11 is 0. The molecule has 0 saturated heterocycles. The van der Waals surface area contributed by atoms with Gasteiger partial charge in [0, 0.05) is 6.04 Å². The van der Waals surface area contributed by atoms with E-state index in [4.69, 9.17) is 4.74 Å². The molecule has 1 atom stereocenters. The fourth-order valence-corrected chi connectivity index (χ4v) is 1.98. The Labute approximate surface area is 112 Å². The van der Waals surface area contributed by atoms with E-state index in [9.17, 15) is 0 Å². The number of hydrogen-bond acceptors (Lipinski definition) is 2. The molecule has 1 rings (SSSR count). The maximum atomic E-state index is 5.81. The molecular formula is C16H27NO. The number of unbranched alkanes of at least 4 members (excludes halogenated alkanes) is 2. The number of benzene rings is 1. The van der Waals surface area contributed by atoms with Crippen LogP contribution in [0.2, 0.25) is 0 Å². The molecule has 0 aliphatic carbocycles. The van der Waals surface area contributed by atoms with Crippen LogP contribution >= 0.6 is 0 Å². The Hall–Kier alpha value is -1.18. The molecule has 2 heteroatoms. The predicted octanol–water partition coefficient (Wildman–Crippen LogP) is 4.85. The van der Waals surface area contributed by atoms with Gasteiger partial charge in [-0.05, 0) is 39.3 Å². The topological polar surface area (TPSA) is 21.3 Å². The summed E-state index contributed by atoms with van der Waals surface area (Å²) in [7, 11) is 0. The van der Waals surface area contributed by atoms with Crippen molar-refractivity contribution in [2.24, 2.45) is 0 Å². The Kier molecular flexibility index (Phi) is 6.63. The van der Waals surface area contributed by atoms with Crippen LogP contribution in [-0.2, 0) is 0 Å². The molecule has 1 aromatic carbocycles. The van der Waals surface area contributed by atoms with Crippen molar-refractivity contribution in [1.29, 1.82) is 0 Å². The maximum absolute atomic E-state index is 5.81. The van der Waals surface area contributed by atoms with E-state index in [0.29, 0.717) is 6.04 Å². The standard InChI is InChI=1S/C16H27NO/c1-5-6-7-10-14(4)17-15-11-8-9-12-16(15)18-13(2)3/h8-9,11-14,17H,5-7,10H2,1-4H3. The minimum absolute atomic E-state index is 0.211. The first-order chi connectivity index (χ1) is 8.63. The summed E-state index contributed by atoms with van der Waals surface area (Å²) in [5.41, 5.74) is 1.11. The molecule has 1 N–H and O–H groups in total. The monoisotopic (exact) mass is 249 g/mol. The van der Waals surface area contributed by atoms with E-state index in [0.717, 1.165) is 11.4 Å². The third-order valence-corrected chi connectivity index (χ3v) is 2.89. The number of ether oxygens (including phenoxy) is 1. The van der Waals surface area contributed by atoms with Gasteiger partial charge >= 0.3 is 0 Å². The Balaban J connectivity index is 2.54. The van der Waals surface area contributed by atoms with Crippen LogP contribution in [0, 0.1) is 0 Å². The lowest BCUT2D eigenvalue weighted by molar-refractivity contribution is 0.243. The van der Waals surface area contributed by atoms with Gasteiger partial charge in [0.15, 0.2) is 0 Å². The van der Waals surface area contributed by atoms with Gasteiger partial charge in [0.05, 0.1) is 11.8 Å². The zero-order chi connectivity index (χ0) is 13.4. The minimum atomic E-state index is 0.211. The van der Waals surface area contributed by atoms with Crippen molar-refractivity contribution in [3.63, 3.8) is 0 Å². The van der Waals surface area contributed by atoms with E-state index in [2.05, 4.69) is 39.1 Å². The molecule has 102 valence electrons. The van der Waals surface area contributed by atoms with Crippen LogP contribution in [0.25, 0.3) is 0 Å².